The second kappa shape index (κ2) is 5.64. The second-order valence-electron chi connectivity index (χ2n) is 3.96. The number of hydrogen-bond acceptors (Lipinski definition) is 4. The fourth-order valence-corrected chi connectivity index (χ4v) is 2.32. The molecular weight excluding hydrogens is 340 g/mol. The van der Waals surface area contributed by atoms with Crippen LogP contribution < -0.4 is 0 Å². The molecular formula is C14H8BrClN4. The summed E-state index contributed by atoms with van der Waals surface area (Å²) in [6.07, 6.45) is 3.10. The van der Waals surface area contributed by atoms with E-state index in [-0.39, 0.29) is 0 Å². The predicted octanol–water partition coefficient (Wildman–Crippen LogP) is 4.02. The van der Waals surface area contributed by atoms with Crippen molar-refractivity contribution in [1.82, 2.24) is 19.9 Å². The number of benzene rings is 1. The number of aromatic nitrogens is 4. The standard InChI is InChI=1S/C14H8BrClN4/c15-11-12(9-4-2-1-3-5-9)19-14(20-13(11)16)10-6-7-17-8-18-10/h1-8H. The van der Waals surface area contributed by atoms with E-state index in [2.05, 4.69) is 35.9 Å². The predicted molar refractivity (Wildman–Crippen MR) is 81.2 cm³/mol. The van der Waals surface area contributed by atoms with Gasteiger partial charge in [0.05, 0.1) is 10.2 Å². The first-order valence-electron chi connectivity index (χ1n) is 5.80. The average molecular weight is 348 g/mol. The maximum atomic E-state index is 6.18. The van der Waals surface area contributed by atoms with Crippen molar-refractivity contribution in [3.05, 3.63) is 58.5 Å². The zero-order valence-electron chi connectivity index (χ0n) is 10.2. The summed E-state index contributed by atoms with van der Waals surface area (Å²) < 4.78 is 0.670. The number of halogens is 2. The van der Waals surface area contributed by atoms with Gasteiger partial charge in [-0.15, -0.1) is 0 Å². The van der Waals surface area contributed by atoms with Gasteiger partial charge in [0.2, 0.25) is 0 Å². The molecule has 3 rings (SSSR count). The third kappa shape index (κ3) is 2.55. The number of rotatable bonds is 2. The molecule has 98 valence electrons. The molecule has 6 heteroatoms. The van der Waals surface area contributed by atoms with Crippen molar-refractivity contribution >= 4 is 27.5 Å². The minimum Gasteiger partial charge on any atom is -0.245 e. The summed E-state index contributed by atoms with van der Waals surface area (Å²) in [7, 11) is 0. The molecule has 0 bridgehead atoms. The van der Waals surface area contributed by atoms with Crippen LogP contribution in [0.4, 0.5) is 0 Å². The maximum absolute atomic E-state index is 6.18. The van der Waals surface area contributed by atoms with E-state index in [1.54, 1.807) is 12.3 Å². The molecule has 0 aliphatic heterocycles. The average Bonchev–Trinajstić information content (AvgIpc) is 2.51. The van der Waals surface area contributed by atoms with Gasteiger partial charge in [0.1, 0.15) is 17.2 Å². The molecule has 0 amide bonds. The topological polar surface area (TPSA) is 51.6 Å². The van der Waals surface area contributed by atoms with E-state index in [1.807, 2.05) is 30.3 Å². The van der Waals surface area contributed by atoms with Gasteiger partial charge in [0, 0.05) is 11.8 Å². The molecule has 20 heavy (non-hydrogen) atoms. The molecule has 0 aliphatic carbocycles. The molecule has 0 fully saturated rings. The Morgan fingerprint density at radius 2 is 1.80 bits per heavy atom. The Balaban J connectivity index is 2.19. The van der Waals surface area contributed by atoms with Crippen molar-refractivity contribution in [2.24, 2.45) is 0 Å². The highest BCUT2D eigenvalue weighted by atomic mass is 79.9. The van der Waals surface area contributed by atoms with Crippen molar-refractivity contribution in [2.45, 2.75) is 0 Å². The van der Waals surface area contributed by atoms with Gasteiger partial charge in [0.15, 0.2) is 5.82 Å². The molecule has 0 spiro atoms. The summed E-state index contributed by atoms with van der Waals surface area (Å²) in [4.78, 5) is 16.8. The van der Waals surface area contributed by atoms with Gasteiger partial charge in [0.25, 0.3) is 0 Å². The van der Waals surface area contributed by atoms with Gasteiger partial charge in [-0.3, -0.25) is 0 Å². The molecule has 3 aromatic rings. The normalized spacial score (nSPS) is 10.5. The second-order valence-corrected chi connectivity index (χ2v) is 5.11. The first-order chi connectivity index (χ1) is 9.75. The van der Waals surface area contributed by atoms with Crippen LogP contribution in [-0.4, -0.2) is 19.9 Å². The number of hydrogen-bond donors (Lipinski definition) is 0. The van der Waals surface area contributed by atoms with Crippen molar-refractivity contribution in [2.75, 3.05) is 0 Å². The zero-order valence-corrected chi connectivity index (χ0v) is 12.5. The van der Waals surface area contributed by atoms with Gasteiger partial charge >= 0.3 is 0 Å². The molecule has 1 aromatic carbocycles. The van der Waals surface area contributed by atoms with Crippen LogP contribution in [0.15, 0.2) is 53.4 Å². The van der Waals surface area contributed by atoms with Crippen LogP contribution in [0.2, 0.25) is 5.15 Å². The van der Waals surface area contributed by atoms with Crippen LogP contribution in [0, 0.1) is 0 Å². The molecule has 0 atom stereocenters. The molecule has 4 nitrogen and oxygen atoms in total. The monoisotopic (exact) mass is 346 g/mol. The quantitative estimate of drug-likeness (QED) is 0.657. The van der Waals surface area contributed by atoms with E-state index in [4.69, 9.17) is 11.6 Å². The van der Waals surface area contributed by atoms with E-state index in [0.717, 1.165) is 11.3 Å². The minimum absolute atomic E-state index is 0.354. The third-order valence-electron chi connectivity index (χ3n) is 2.67. The lowest BCUT2D eigenvalue weighted by Gasteiger charge is -2.07. The summed E-state index contributed by atoms with van der Waals surface area (Å²) in [5, 5.41) is 0.354. The van der Waals surface area contributed by atoms with E-state index >= 15 is 0 Å². The lowest BCUT2D eigenvalue weighted by Crippen LogP contribution is -1.97. The minimum atomic E-state index is 0.354. The Kier molecular flexibility index (Phi) is 3.71. The Morgan fingerprint density at radius 3 is 2.50 bits per heavy atom. The fourth-order valence-electron chi connectivity index (χ4n) is 1.74. The highest BCUT2D eigenvalue weighted by Crippen LogP contribution is 2.32. The molecule has 0 aliphatic rings. The lowest BCUT2D eigenvalue weighted by molar-refractivity contribution is 1.10. The first kappa shape index (κ1) is 13.1. The summed E-state index contributed by atoms with van der Waals surface area (Å²) in [6.45, 7) is 0. The molecule has 0 saturated carbocycles. The van der Waals surface area contributed by atoms with Crippen LogP contribution in [-0.2, 0) is 0 Å². The molecule has 0 unspecified atom stereocenters. The van der Waals surface area contributed by atoms with Crippen LogP contribution >= 0.6 is 27.5 Å². The molecule has 0 saturated heterocycles. The molecule has 2 aromatic heterocycles. The van der Waals surface area contributed by atoms with Crippen LogP contribution in [0.1, 0.15) is 0 Å². The van der Waals surface area contributed by atoms with Gasteiger partial charge in [-0.25, -0.2) is 19.9 Å². The Morgan fingerprint density at radius 1 is 1.00 bits per heavy atom. The fraction of sp³-hybridized carbons (Fsp3) is 0. The number of nitrogens with zero attached hydrogens (tertiary/aromatic N) is 4. The van der Waals surface area contributed by atoms with E-state index in [1.165, 1.54) is 6.33 Å². The maximum Gasteiger partial charge on any atom is 0.180 e. The molecule has 0 radical (unpaired) electrons. The first-order valence-corrected chi connectivity index (χ1v) is 6.97. The van der Waals surface area contributed by atoms with E-state index in [9.17, 15) is 0 Å². The highest BCUT2D eigenvalue weighted by Gasteiger charge is 2.14. The van der Waals surface area contributed by atoms with Gasteiger partial charge in [-0.1, -0.05) is 41.9 Å². The van der Waals surface area contributed by atoms with Gasteiger partial charge in [-0.2, -0.15) is 0 Å². The zero-order chi connectivity index (χ0) is 13.9. The van der Waals surface area contributed by atoms with Crippen LogP contribution in [0.25, 0.3) is 22.8 Å². The summed E-state index contributed by atoms with van der Waals surface area (Å²) in [5.74, 6) is 0.472. The smallest absolute Gasteiger partial charge is 0.180 e. The summed E-state index contributed by atoms with van der Waals surface area (Å²) in [5.41, 5.74) is 2.32. The van der Waals surface area contributed by atoms with Crippen molar-refractivity contribution in [1.29, 1.82) is 0 Å². The van der Waals surface area contributed by atoms with Gasteiger partial charge in [-0.05, 0) is 22.0 Å². The lowest BCUT2D eigenvalue weighted by atomic mass is 10.1. The Bertz CT molecular complexity index is 735. The van der Waals surface area contributed by atoms with Crippen molar-refractivity contribution < 1.29 is 0 Å². The third-order valence-corrected chi connectivity index (χ3v) is 3.92. The Labute approximate surface area is 129 Å². The highest BCUT2D eigenvalue weighted by molar-refractivity contribution is 9.10. The van der Waals surface area contributed by atoms with Crippen molar-refractivity contribution in [3.63, 3.8) is 0 Å². The Hall–Kier alpha value is -1.85. The van der Waals surface area contributed by atoms with Crippen molar-refractivity contribution in [3.8, 4) is 22.8 Å². The van der Waals surface area contributed by atoms with E-state index in [0.29, 0.717) is 21.1 Å². The van der Waals surface area contributed by atoms with E-state index < -0.39 is 0 Å². The molecule has 0 N–H and O–H groups in total. The van der Waals surface area contributed by atoms with Crippen LogP contribution in [0.5, 0.6) is 0 Å². The largest absolute Gasteiger partial charge is 0.245 e. The summed E-state index contributed by atoms with van der Waals surface area (Å²) >= 11 is 9.61. The SMILES string of the molecule is Clc1nc(-c2ccncn2)nc(-c2ccccc2)c1Br. The van der Waals surface area contributed by atoms with Crippen LogP contribution in [0.3, 0.4) is 0 Å². The molecule has 2 heterocycles. The summed E-state index contributed by atoms with van der Waals surface area (Å²) in [6, 6.07) is 11.5. The van der Waals surface area contributed by atoms with Gasteiger partial charge < -0.3 is 0 Å².